The number of esters is 1. The van der Waals surface area contributed by atoms with Crippen LogP contribution < -0.4 is 5.32 Å². The summed E-state index contributed by atoms with van der Waals surface area (Å²) in [5.41, 5.74) is -0.860. The number of Topliss-reactive ketones (excluding diaryl/α,β-unsaturated/α-hetero) is 1. The molecule has 1 unspecified atom stereocenters. The molecule has 0 radical (unpaired) electrons. The second-order valence-corrected chi connectivity index (χ2v) is 11.1. The van der Waals surface area contributed by atoms with E-state index in [9.17, 15) is 14.4 Å². The minimum absolute atomic E-state index is 0.0554. The number of benzene rings is 1. The maximum atomic E-state index is 13.5. The van der Waals surface area contributed by atoms with Gasteiger partial charge in [-0.25, -0.2) is 4.79 Å². The van der Waals surface area contributed by atoms with Crippen LogP contribution in [-0.4, -0.2) is 57.0 Å². The van der Waals surface area contributed by atoms with Crippen molar-refractivity contribution in [3.05, 3.63) is 47.5 Å². The van der Waals surface area contributed by atoms with E-state index in [0.717, 1.165) is 12.0 Å². The standard InChI is InChI=1S/C28H40N4O6/c1-7-37-25(34)21-14-11-15-32-23(30-31-24(21)32)20(18-36-17-19-12-9-8-10-13-19)16-22(33)28(5,6)29-26(35)38-27(2,3)4/h8-10,12-13,20-21H,7,11,14-18H2,1-6H3,(H,29,35)/t20-,21?/m1/s1. The third-order valence-corrected chi connectivity index (χ3v) is 6.30. The van der Waals surface area contributed by atoms with Crippen molar-refractivity contribution < 1.29 is 28.6 Å². The highest BCUT2D eigenvalue weighted by Gasteiger charge is 2.37. The van der Waals surface area contributed by atoms with E-state index in [0.29, 0.717) is 37.8 Å². The number of carbonyl (C=O) groups is 3. The predicted octanol–water partition coefficient (Wildman–Crippen LogP) is 4.28. The minimum Gasteiger partial charge on any atom is -0.465 e. The van der Waals surface area contributed by atoms with Gasteiger partial charge < -0.3 is 24.1 Å². The van der Waals surface area contributed by atoms with Crippen LogP contribution in [0.25, 0.3) is 0 Å². The third kappa shape index (κ3) is 7.86. The van der Waals surface area contributed by atoms with Gasteiger partial charge in [-0.05, 0) is 59.9 Å². The van der Waals surface area contributed by atoms with E-state index in [4.69, 9.17) is 14.2 Å². The molecular weight excluding hydrogens is 488 g/mol. The molecule has 1 aliphatic rings. The molecule has 1 aliphatic heterocycles. The fourth-order valence-electron chi connectivity index (χ4n) is 4.39. The molecule has 1 N–H and O–H groups in total. The molecule has 2 atom stereocenters. The van der Waals surface area contributed by atoms with Gasteiger partial charge in [0.25, 0.3) is 0 Å². The van der Waals surface area contributed by atoms with Gasteiger partial charge in [-0.1, -0.05) is 30.3 Å². The number of hydrogen-bond acceptors (Lipinski definition) is 8. The Kier molecular flexibility index (Phi) is 9.65. The normalized spacial score (nSPS) is 16.3. The quantitative estimate of drug-likeness (QED) is 0.429. The second-order valence-electron chi connectivity index (χ2n) is 11.1. The first-order chi connectivity index (χ1) is 17.9. The summed E-state index contributed by atoms with van der Waals surface area (Å²) in [5.74, 6) is -0.306. The van der Waals surface area contributed by atoms with Crippen molar-refractivity contribution in [2.24, 2.45) is 0 Å². The number of hydrogen-bond donors (Lipinski definition) is 1. The van der Waals surface area contributed by atoms with Gasteiger partial charge in [0.05, 0.1) is 25.4 Å². The molecule has 0 saturated heterocycles. The number of alkyl carbamates (subject to hydrolysis) is 1. The second kappa shape index (κ2) is 12.5. The lowest BCUT2D eigenvalue weighted by molar-refractivity contribution is -0.145. The average molecular weight is 529 g/mol. The van der Waals surface area contributed by atoms with Gasteiger partial charge in [0, 0.05) is 18.9 Å². The third-order valence-electron chi connectivity index (χ3n) is 6.30. The summed E-state index contributed by atoms with van der Waals surface area (Å²) in [6.45, 7) is 11.9. The van der Waals surface area contributed by atoms with Crippen LogP contribution in [0.5, 0.6) is 0 Å². The molecule has 0 bridgehead atoms. The Morgan fingerprint density at radius 1 is 1.11 bits per heavy atom. The fraction of sp³-hybridized carbons (Fsp3) is 0.607. The Bertz CT molecular complexity index is 1110. The van der Waals surface area contributed by atoms with Crippen LogP contribution in [0.1, 0.15) is 89.9 Å². The molecule has 208 valence electrons. The lowest BCUT2D eigenvalue weighted by atomic mass is 9.90. The Labute approximate surface area is 224 Å². The van der Waals surface area contributed by atoms with Crippen molar-refractivity contribution in [3.8, 4) is 0 Å². The molecule has 0 saturated carbocycles. The minimum atomic E-state index is -1.18. The molecule has 1 aromatic carbocycles. The SMILES string of the molecule is CCOC(=O)C1CCCn2c1nnc2[C@@H](COCc1ccccc1)CC(=O)C(C)(C)NC(=O)OC(C)(C)C. The molecule has 1 amide bonds. The monoisotopic (exact) mass is 528 g/mol. The lowest BCUT2D eigenvalue weighted by Crippen LogP contribution is -2.51. The molecule has 0 aliphatic carbocycles. The largest absolute Gasteiger partial charge is 0.465 e. The van der Waals surface area contributed by atoms with Crippen molar-refractivity contribution in [1.82, 2.24) is 20.1 Å². The van der Waals surface area contributed by atoms with Crippen molar-refractivity contribution >= 4 is 17.8 Å². The number of fused-ring (bicyclic) bond motifs is 1. The molecule has 38 heavy (non-hydrogen) atoms. The molecule has 2 aromatic rings. The van der Waals surface area contributed by atoms with Crippen LogP contribution >= 0.6 is 0 Å². The van der Waals surface area contributed by atoms with Gasteiger partial charge >= 0.3 is 12.1 Å². The topological polar surface area (TPSA) is 122 Å². The Morgan fingerprint density at radius 3 is 2.47 bits per heavy atom. The molecule has 10 nitrogen and oxygen atoms in total. The molecule has 0 fully saturated rings. The number of amides is 1. The van der Waals surface area contributed by atoms with Crippen LogP contribution in [0.3, 0.4) is 0 Å². The van der Waals surface area contributed by atoms with Crippen molar-refractivity contribution in [1.29, 1.82) is 0 Å². The van der Waals surface area contributed by atoms with Crippen LogP contribution in [0.15, 0.2) is 30.3 Å². The van der Waals surface area contributed by atoms with Crippen molar-refractivity contribution in [3.63, 3.8) is 0 Å². The predicted molar refractivity (Wildman–Crippen MR) is 141 cm³/mol. The maximum Gasteiger partial charge on any atom is 0.408 e. The van der Waals surface area contributed by atoms with E-state index in [1.807, 2.05) is 34.9 Å². The number of nitrogens with one attached hydrogen (secondary N) is 1. The van der Waals surface area contributed by atoms with Gasteiger partial charge in [-0.3, -0.25) is 9.59 Å². The van der Waals surface area contributed by atoms with E-state index < -0.39 is 29.1 Å². The zero-order valence-corrected chi connectivity index (χ0v) is 23.3. The van der Waals surface area contributed by atoms with Gasteiger partial charge in [0.15, 0.2) is 5.78 Å². The number of nitrogens with zero attached hydrogens (tertiary/aromatic N) is 3. The van der Waals surface area contributed by atoms with E-state index in [2.05, 4.69) is 15.5 Å². The van der Waals surface area contributed by atoms with Gasteiger partial charge in [-0.15, -0.1) is 10.2 Å². The summed E-state index contributed by atoms with van der Waals surface area (Å²) < 4.78 is 18.6. The summed E-state index contributed by atoms with van der Waals surface area (Å²) >= 11 is 0. The van der Waals surface area contributed by atoms with Crippen molar-refractivity contribution in [2.45, 2.75) is 96.9 Å². The Hall–Kier alpha value is -3.27. The highest BCUT2D eigenvalue weighted by molar-refractivity contribution is 5.91. The van der Waals surface area contributed by atoms with E-state index in [-0.39, 0.29) is 24.8 Å². The number of ether oxygens (including phenoxy) is 3. The molecule has 10 heteroatoms. The van der Waals surface area contributed by atoms with Crippen LogP contribution in [0.2, 0.25) is 0 Å². The highest BCUT2D eigenvalue weighted by Crippen LogP contribution is 2.32. The zero-order valence-electron chi connectivity index (χ0n) is 23.3. The molecule has 3 rings (SSSR count). The molecule has 1 aromatic heterocycles. The van der Waals surface area contributed by atoms with Gasteiger partial charge in [0.2, 0.25) is 0 Å². The van der Waals surface area contributed by atoms with E-state index in [1.165, 1.54) is 0 Å². The number of rotatable bonds is 11. The highest BCUT2D eigenvalue weighted by atomic mass is 16.6. The van der Waals surface area contributed by atoms with Gasteiger partial charge in [0.1, 0.15) is 23.2 Å². The Morgan fingerprint density at radius 2 is 1.82 bits per heavy atom. The summed E-state index contributed by atoms with van der Waals surface area (Å²) in [7, 11) is 0. The lowest BCUT2D eigenvalue weighted by Gasteiger charge is -2.29. The first kappa shape index (κ1) is 29.3. The van der Waals surface area contributed by atoms with Crippen LogP contribution in [0, 0.1) is 0 Å². The van der Waals surface area contributed by atoms with Crippen LogP contribution in [-0.2, 0) is 37.0 Å². The summed E-state index contributed by atoms with van der Waals surface area (Å²) in [6.07, 6.45) is 0.793. The molecule has 2 heterocycles. The average Bonchev–Trinajstić information content (AvgIpc) is 3.26. The van der Waals surface area contributed by atoms with Crippen molar-refractivity contribution in [2.75, 3.05) is 13.2 Å². The zero-order chi connectivity index (χ0) is 27.9. The molecular formula is C28H40N4O6. The van der Waals surface area contributed by atoms with E-state index >= 15 is 0 Å². The first-order valence-electron chi connectivity index (χ1n) is 13.2. The first-order valence-corrected chi connectivity index (χ1v) is 13.2. The summed E-state index contributed by atoms with van der Waals surface area (Å²) in [5, 5.41) is 11.5. The molecule has 0 spiro atoms. The number of aromatic nitrogens is 3. The smallest absolute Gasteiger partial charge is 0.408 e. The Balaban J connectivity index is 1.81. The summed E-state index contributed by atoms with van der Waals surface area (Å²) in [6, 6.07) is 9.75. The van der Waals surface area contributed by atoms with Crippen LogP contribution in [0.4, 0.5) is 4.79 Å². The number of carbonyl (C=O) groups excluding carboxylic acids is 3. The van der Waals surface area contributed by atoms with E-state index in [1.54, 1.807) is 41.5 Å². The fourth-order valence-corrected chi connectivity index (χ4v) is 4.39. The van der Waals surface area contributed by atoms with Gasteiger partial charge in [-0.2, -0.15) is 0 Å². The maximum absolute atomic E-state index is 13.5. The summed E-state index contributed by atoms with van der Waals surface area (Å²) in [4.78, 5) is 38.4. The number of ketones is 1.